The van der Waals surface area contributed by atoms with Crippen molar-refractivity contribution in [3.8, 4) is 0 Å². The number of nitrogens with one attached hydrogen (secondary N) is 1. The van der Waals surface area contributed by atoms with Crippen LogP contribution in [0.5, 0.6) is 0 Å². The Balaban J connectivity index is 1.93. The van der Waals surface area contributed by atoms with E-state index in [1.165, 1.54) is 32.1 Å². The van der Waals surface area contributed by atoms with Crippen molar-refractivity contribution >= 4 is 11.9 Å². The van der Waals surface area contributed by atoms with Crippen molar-refractivity contribution in [1.82, 2.24) is 5.32 Å². The lowest BCUT2D eigenvalue weighted by Gasteiger charge is -2.29. The maximum Gasteiger partial charge on any atom is 0.307 e. The smallest absolute Gasteiger partial charge is 0.307 e. The van der Waals surface area contributed by atoms with Gasteiger partial charge in [0.2, 0.25) is 5.91 Å². The predicted octanol–water partition coefficient (Wildman–Crippen LogP) is 3.21. The highest BCUT2D eigenvalue weighted by Gasteiger charge is 2.42. The summed E-state index contributed by atoms with van der Waals surface area (Å²) >= 11 is 0. The zero-order valence-corrected chi connectivity index (χ0v) is 13.3. The maximum atomic E-state index is 12.5. The molecule has 0 bridgehead atoms. The van der Waals surface area contributed by atoms with Crippen molar-refractivity contribution in [3.05, 3.63) is 0 Å². The lowest BCUT2D eigenvalue weighted by Crippen LogP contribution is -2.43. The number of amides is 1. The van der Waals surface area contributed by atoms with Gasteiger partial charge in [-0.2, -0.15) is 0 Å². The average Bonchev–Trinajstić information content (AvgIpc) is 2.92. The fourth-order valence-electron chi connectivity index (χ4n) is 4.12. The van der Waals surface area contributed by atoms with Crippen molar-refractivity contribution in [1.29, 1.82) is 0 Å². The minimum absolute atomic E-state index is 0.0311. The number of carboxylic acids is 1. The summed E-state index contributed by atoms with van der Waals surface area (Å²) in [6, 6.07) is 0.174. The van der Waals surface area contributed by atoms with Crippen molar-refractivity contribution in [3.63, 3.8) is 0 Å². The van der Waals surface area contributed by atoms with Gasteiger partial charge in [-0.25, -0.2) is 0 Å². The van der Waals surface area contributed by atoms with Crippen LogP contribution in [0.4, 0.5) is 0 Å². The first-order chi connectivity index (χ1) is 10.0. The molecule has 0 spiro atoms. The minimum atomic E-state index is -0.809. The number of aliphatic carboxylic acids is 1. The molecular weight excluding hydrogens is 266 g/mol. The van der Waals surface area contributed by atoms with Crippen LogP contribution in [0.15, 0.2) is 0 Å². The van der Waals surface area contributed by atoms with Crippen molar-refractivity contribution in [2.45, 2.75) is 71.3 Å². The Kier molecular flexibility index (Phi) is 5.65. The second-order valence-corrected chi connectivity index (χ2v) is 6.99. The summed E-state index contributed by atoms with van der Waals surface area (Å²) in [5.41, 5.74) is 0. The van der Waals surface area contributed by atoms with Crippen molar-refractivity contribution in [2.24, 2.45) is 23.7 Å². The van der Waals surface area contributed by atoms with E-state index in [0.29, 0.717) is 18.3 Å². The summed E-state index contributed by atoms with van der Waals surface area (Å²) in [6.45, 7) is 4.16. The third-order valence-corrected chi connectivity index (χ3v) is 5.62. The minimum Gasteiger partial charge on any atom is -0.481 e. The fraction of sp³-hybridized carbons (Fsp3) is 0.882. The molecule has 4 heteroatoms. The Hall–Kier alpha value is -1.06. The average molecular weight is 295 g/mol. The van der Waals surface area contributed by atoms with Crippen LogP contribution in [0.1, 0.15) is 65.2 Å². The van der Waals surface area contributed by atoms with Crippen LogP contribution in [0.2, 0.25) is 0 Å². The molecular formula is C17H29NO3. The van der Waals surface area contributed by atoms with Crippen LogP contribution in [0, 0.1) is 23.7 Å². The van der Waals surface area contributed by atoms with Gasteiger partial charge < -0.3 is 10.4 Å². The van der Waals surface area contributed by atoms with E-state index < -0.39 is 11.9 Å². The molecule has 0 aromatic heterocycles. The van der Waals surface area contributed by atoms with E-state index in [-0.39, 0.29) is 17.9 Å². The second kappa shape index (κ2) is 7.28. The Labute approximate surface area is 127 Å². The van der Waals surface area contributed by atoms with E-state index in [2.05, 4.69) is 19.2 Å². The molecule has 2 aliphatic rings. The van der Waals surface area contributed by atoms with Gasteiger partial charge in [0.15, 0.2) is 0 Å². The highest BCUT2D eigenvalue weighted by Crippen LogP contribution is 2.38. The van der Waals surface area contributed by atoms with Gasteiger partial charge in [0.1, 0.15) is 0 Å². The first-order valence-electron chi connectivity index (χ1n) is 8.56. The number of hydrogen-bond acceptors (Lipinski definition) is 2. The van der Waals surface area contributed by atoms with E-state index in [4.69, 9.17) is 0 Å². The molecule has 2 saturated carbocycles. The topological polar surface area (TPSA) is 66.4 Å². The standard InChI is InChI=1S/C17H29NO3/c1-3-12-9-14(15(10-12)17(20)21)16(19)18-11(2)13-7-5-4-6-8-13/h11-15H,3-10H2,1-2H3,(H,18,19)(H,20,21). The quantitative estimate of drug-likeness (QED) is 0.818. The Morgan fingerprint density at radius 1 is 1.14 bits per heavy atom. The Morgan fingerprint density at radius 3 is 2.33 bits per heavy atom. The molecule has 0 aromatic carbocycles. The Morgan fingerprint density at radius 2 is 1.76 bits per heavy atom. The van der Waals surface area contributed by atoms with Gasteiger partial charge in [-0.1, -0.05) is 32.6 Å². The lowest BCUT2D eigenvalue weighted by atomic mass is 9.84. The first kappa shape index (κ1) is 16.3. The molecule has 0 aliphatic heterocycles. The summed E-state index contributed by atoms with van der Waals surface area (Å²) in [5.74, 6) is -0.721. The number of carbonyl (C=O) groups is 2. The zero-order valence-electron chi connectivity index (χ0n) is 13.3. The molecule has 0 radical (unpaired) electrons. The molecule has 21 heavy (non-hydrogen) atoms. The first-order valence-corrected chi connectivity index (χ1v) is 8.56. The summed E-state index contributed by atoms with van der Waals surface area (Å²) in [6.07, 6.45) is 8.54. The summed E-state index contributed by atoms with van der Waals surface area (Å²) in [7, 11) is 0. The Bertz CT molecular complexity index is 376. The van der Waals surface area contributed by atoms with Crippen LogP contribution in [0.25, 0.3) is 0 Å². The van der Waals surface area contributed by atoms with Gasteiger partial charge in [-0.15, -0.1) is 0 Å². The molecule has 2 rings (SSSR count). The maximum absolute atomic E-state index is 12.5. The molecule has 120 valence electrons. The molecule has 4 nitrogen and oxygen atoms in total. The van der Waals surface area contributed by atoms with Crippen LogP contribution in [-0.4, -0.2) is 23.0 Å². The third kappa shape index (κ3) is 3.98. The predicted molar refractivity (Wildman–Crippen MR) is 81.8 cm³/mol. The van der Waals surface area contributed by atoms with E-state index >= 15 is 0 Å². The summed E-state index contributed by atoms with van der Waals surface area (Å²) in [4.78, 5) is 23.9. The lowest BCUT2D eigenvalue weighted by molar-refractivity contribution is -0.146. The SMILES string of the molecule is CCC1CC(C(=O)O)C(C(=O)NC(C)C2CCCCC2)C1. The van der Waals surface area contributed by atoms with E-state index in [9.17, 15) is 14.7 Å². The summed E-state index contributed by atoms with van der Waals surface area (Å²) in [5, 5.41) is 12.5. The van der Waals surface area contributed by atoms with Gasteiger partial charge in [-0.05, 0) is 44.4 Å². The molecule has 0 aromatic rings. The number of rotatable bonds is 5. The molecule has 2 aliphatic carbocycles. The van der Waals surface area contributed by atoms with Gasteiger partial charge in [0.05, 0.1) is 11.8 Å². The molecule has 2 N–H and O–H groups in total. The molecule has 4 unspecified atom stereocenters. The molecule has 0 saturated heterocycles. The van der Waals surface area contributed by atoms with Gasteiger partial charge >= 0.3 is 5.97 Å². The molecule has 2 fully saturated rings. The van der Waals surface area contributed by atoms with Crippen molar-refractivity contribution in [2.75, 3.05) is 0 Å². The van der Waals surface area contributed by atoms with E-state index in [0.717, 1.165) is 12.8 Å². The number of carboxylic acid groups (broad SMARTS) is 1. The van der Waals surface area contributed by atoms with Crippen LogP contribution in [0.3, 0.4) is 0 Å². The van der Waals surface area contributed by atoms with Gasteiger partial charge in [0, 0.05) is 6.04 Å². The number of carbonyl (C=O) groups excluding carboxylic acids is 1. The molecule has 1 amide bonds. The summed E-state index contributed by atoms with van der Waals surface area (Å²) < 4.78 is 0. The number of hydrogen-bond donors (Lipinski definition) is 2. The fourth-order valence-corrected chi connectivity index (χ4v) is 4.12. The van der Waals surface area contributed by atoms with E-state index in [1.807, 2.05) is 0 Å². The van der Waals surface area contributed by atoms with Gasteiger partial charge in [0.25, 0.3) is 0 Å². The monoisotopic (exact) mass is 295 g/mol. The van der Waals surface area contributed by atoms with E-state index in [1.54, 1.807) is 0 Å². The largest absolute Gasteiger partial charge is 0.481 e. The molecule has 4 atom stereocenters. The second-order valence-electron chi connectivity index (χ2n) is 6.99. The van der Waals surface area contributed by atoms with Crippen LogP contribution in [-0.2, 0) is 9.59 Å². The normalized spacial score (nSPS) is 31.8. The highest BCUT2D eigenvalue weighted by molar-refractivity contribution is 5.85. The van der Waals surface area contributed by atoms with Crippen molar-refractivity contribution < 1.29 is 14.7 Å². The molecule has 0 heterocycles. The van der Waals surface area contributed by atoms with Crippen LogP contribution >= 0.6 is 0 Å². The van der Waals surface area contributed by atoms with Crippen LogP contribution < -0.4 is 5.32 Å². The third-order valence-electron chi connectivity index (χ3n) is 5.62. The highest BCUT2D eigenvalue weighted by atomic mass is 16.4. The zero-order chi connectivity index (χ0) is 15.4. The van der Waals surface area contributed by atoms with Gasteiger partial charge in [-0.3, -0.25) is 9.59 Å².